The van der Waals surface area contributed by atoms with E-state index in [9.17, 15) is 0 Å². The molecule has 1 unspecified atom stereocenters. The summed E-state index contributed by atoms with van der Waals surface area (Å²) >= 11 is 6.94. The summed E-state index contributed by atoms with van der Waals surface area (Å²) in [5.41, 5.74) is 8.84. The summed E-state index contributed by atoms with van der Waals surface area (Å²) in [6.45, 7) is 6.24. The third kappa shape index (κ3) is 3.39. The standard InChI is InChI=1S/C15H20N4S2/c1-4-10-11(5-2)18-19-15(13(10)14(16)20)17-9(3)12-7-6-8-21-12/h6-9H,4-5H2,1-3H3,(H2,16,20)(H,17,19). The first kappa shape index (κ1) is 15.9. The number of aromatic nitrogens is 2. The SMILES string of the molecule is CCc1nnc(NC(C)c2cccs2)c(C(N)=S)c1CC. The predicted molar refractivity (Wildman–Crippen MR) is 93.0 cm³/mol. The van der Waals surface area contributed by atoms with Gasteiger partial charge in [-0.2, -0.15) is 5.10 Å². The molecule has 0 bridgehead atoms. The van der Waals surface area contributed by atoms with E-state index in [2.05, 4.69) is 47.7 Å². The molecule has 0 spiro atoms. The van der Waals surface area contributed by atoms with E-state index in [1.54, 1.807) is 11.3 Å². The van der Waals surface area contributed by atoms with Crippen molar-refractivity contribution in [2.75, 3.05) is 5.32 Å². The molecule has 0 aliphatic rings. The zero-order valence-corrected chi connectivity index (χ0v) is 14.1. The van der Waals surface area contributed by atoms with Crippen molar-refractivity contribution in [3.8, 4) is 0 Å². The average molecular weight is 320 g/mol. The predicted octanol–water partition coefficient (Wildman–Crippen LogP) is 3.47. The van der Waals surface area contributed by atoms with Gasteiger partial charge in [-0.3, -0.25) is 0 Å². The van der Waals surface area contributed by atoms with Crippen molar-refractivity contribution >= 4 is 34.4 Å². The molecule has 0 fully saturated rings. The van der Waals surface area contributed by atoms with Crippen LogP contribution in [0.4, 0.5) is 5.82 Å². The first-order valence-electron chi connectivity index (χ1n) is 7.06. The molecule has 0 aliphatic carbocycles. The number of nitrogens with zero attached hydrogens (tertiary/aromatic N) is 2. The van der Waals surface area contributed by atoms with Crippen LogP contribution in [0, 0.1) is 0 Å². The fraction of sp³-hybridized carbons (Fsp3) is 0.400. The third-order valence-electron chi connectivity index (χ3n) is 3.42. The Morgan fingerprint density at radius 2 is 2.14 bits per heavy atom. The maximum absolute atomic E-state index is 5.94. The van der Waals surface area contributed by atoms with Crippen LogP contribution in [0.1, 0.15) is 48.5 Å². The van der Waals surface area contributed by atoms with Gasteiger partial charge >= 0.3 is 0 Å². The Bertz CT molecular complexity index is 623. The van der Waals surface area contributed by atoms with E-state index in [0.717, 1.165) is 29.7 Å². The minimum Gasteiger partial charge on any atom is -0.389 e. The molecular formula is C15H20N4S2. The van der Waals surface area contributed by atoms with E-state index in [1.165, 1.54) is 4.88 Å². The minimum atomic E-state index is 0.143. The van der Waals surface area contributed by atoms with Gasteiger partial charge in [-0.1, -0.05) is 32.1 Å². The molecule has 2 heterocycles. The van der Waals surface area contributed by atoms with Gasteiger partial charge in [0.25, 0.3) is 0 Å². The lowest BCUT2D eigenvalue weighted by Crippen LogP contribution is -2.20. The van der Waals surface area contributed by atoms with Crippen molar-refractivity contribution in [2.45, 2.75) is 39.7 Å². The maximum atomic E-state index is 5.94. The van der Waals surface area contributed by atoms with Crippen LogP contribution in [0.15, 0.2) is 17.5 Å². The number of nitrogens with two attached hydrogens (primary N) is 1. The fourth-order valence-corrected chi connectivity index (χ4v) is 3.31. The van der Waals surface area contributed by atoms with Gasteiger partial charge in [0.05, 0.1) is 17.3 Å². The normalized spacial score (nSPS) is 12.1. The molecule has 2 aromatic heterocycles. The molecule has 21 heavy (non-hydrogen) atoms. The zero-order chi connectivity index (χ0) is 15.4. The molecule has 1 atom stereocenters. The topological polar surface area (TPSA) is 63.8 Å². The summed E-state index contributed by atoms with van der Waals surface area (Å²) < 4.78 is 0. The molecule has 4 nitrogen and oxygen atoms in total. The number of aryl methyl sites for hydroxylation is 1. The van der Waals surface area contributed by atoms with Gasteiger partial charge in [0, 0.05) is 4.88 Å². The summed E-state index contributed by atoms with van der Waals surface area (Å²) in [4.78, 5) is 1.61. The van der Waals surface area contributed by atoms with Crippen LogP contribution < -0.4 is 11.1 Å². The molecule has 0 aliphatic heterocycles. The van der Waals surface area contributed by atoms with E-state index in [-0.39, 0.29) is 6.04 Å². The molecule has 2 rings (SSSR count). The van der Waals surface area contributed by atoms with Crippen LogP contribution >= 0.6 is 23.6 Å². The third-order valence-corrected chi connectivity index (χ3v) is 4.67. The summed E-state index contributed by atoms with van der Waals surface area (Å²) in [5, 5.41) is 14.1. The van der Waals surface area contributed by atoms with Crippen molar-refractivity contribution in [1.82, 2.24) is 10.2 Å². The van der Waals surface area contributed by atoms with Crippen LogP contribution in [0.25, 0.3) is 0 Å². The molecule has 6 heteroatoms. The second-order valence-electron chi connectivity index (χ2n) is 4.80. The molecule has 0 saturated carbocycles. The maximum Gasteiger partial charge on any atom is 0.159 e. The summed E-state index contributed by atoms with van der Waals surface area (Å²) in [7, 11) is 0. The molecule has 112 valence electrons. The molecule has 0 saturated heterocycles. The van der Waals surface area contributed by atoms with E-state index in [0.29, 0.717) is 10.8 Å². The van der Waals surface area contributed by atoms with E-state index < -0.39 is 0 Å². The molecule has 2 aromatic rings. The first-order valence-corrected chi connectivity index (χ1v) is 8.35. The fourth-order valence-electron chi connectivity index (χ4n) is 2.35. The number of thiocarbonyl (C=S) groups is 1. The Morgan fingerprint density at radius 3 is 2.67 bits per heavy atom. The van der Waals surface area contributed by atoms with Crippen LogP contribution in [0.5, 0.6) is 0 Å². The number of hydrogen-bond acceptors (Lipinski definition) is 5. The van der Waals surface area contributed by atoms with Crippen molar-refractivity contribution in [3.63, 3.8) is 0 Å². The van der Waals surface area contributed by atoms with Crippen molar-refractivity contribution in [1.29, 1.82) is 0 Å². The Labute approximate surface area is 134 Å². The molecular weight excluding hydrogens is 300 g/mol. The molecule has 3 N–H and O–H groups in total. The zero-order valence-electron chi connectivity index (χ0n) is 12.5. The Kier molecular flexibility index (Phi) is 5.25. The Morgan fingerprint density at radius 1 is 1.38 bits per heavy atom. The Hall–Kier alpha value is -1.53. The quantitative estimate of drug-likeness (QED) is 0.798. The largest absolute Gasteiger partial charge is 0.389 e. The van der Waals surface area contributed by atoms with Crippen LogP contribution in [-0.4, -0.2) is 15.2 Å². The Balaban J connectivity index is 2.41. The lowest BCUT2D eigenvalue weighted by Gasteiger charge is -2.18. The lowest BCUT2D eigenvalue weighted by atomic mass is 10.0. The number of hydrogen-bond donors (Lipinski definition) is 2. The van der Waals surface area contributed by atoms with Gasteiger partial charge in [0.2, 0.25) is 0 Å². The second kappa shape index (κ2) is 6.95. The highest BCUT2D eigenvalue weighted by molar-refractivity contribution is 7.80. The van der Waals surface area contributed by atoms with Gasteiger partial charge in [-0.15, -0.1) is 16.4 Å². The van der Waals surface area contributed by atoms with Gasteiger partial charge in [-0.05, 0) is 36.8 Å². The van der Waals surface area contributed by atoms with E-state index in [4.69, 9.17) is 18.0 Å². The minimum absolute atomic E-state index is 0.143. The first-order chi connectivity index (χ1) is 10.1. The monoisotopic (exact) mass is 320 g/mol. The van der Waals surface area contributed by atoms with E-state index >= 15 is 0 Å². The summed E-state index contributed by atoms with van der Waals surface area (Å²) in [6, 6.07) is 4.28. The van der Waals surface area contributed by atoms with Crippen molar-refractivity contribution in [2.24, 2.45) is 5.73 Å². The highest BCUT2D eigenvalue weighted by Crippen LogP contribution is 2.26. The second-order valence-corrected chi connectivity index (χ2v) is 6.22. The van der Waals surface area contributed by atoms with Crippen molar-refractivity contribution < 1.29 is 0 Å². The number of nitrogens with one attached hydrogen (secondary N) is 1. The summed E-state index contributed by atoms with van der Waals surface area (Å²) in [5.74, 6) is 0.678. The smallest absolute Gasteiger partial charge is 0.159 e. The number of rotatable bonds is 6. The van der Waals surface area contributed by atoms with Crippen LogP contribution in [0.3, 0.4) is 0 Å². The highest BCUT2D eigenvalue weighted by Gasteiger charge is 2.18. The van der Waals surface area contributed by atoms with Gasteiger partial charge in [0.15, 0.2) is 5.82 Å². The number of anilines is 1. The lowest BCUT2D eigenvalue weighted by molar-refractivity contribution is 0.839. The molecule has 0 radical (unpaired) electrons. The number of thiophene rings is 1. The highest BCUT2D eigenvalue weighted by atomic mass is 32.1. The van der Waals surface area contributed by atoms with Crippen LogP contribution in [-0.2, 0) is 12.8 Å². The summed E-state index contributed by atoms with van der Waals surface area (Å²) in [6.07, 6.45) is 1.67. The van der Waals surface area contributed by atoms with Gasteiger partial charge in [-0.25, -0.2) is 0 Å². The van der Waals surface area contributed by atoms with E-state index in [1.807, 2.05) is 6.07 Å². The molecule has 0 amide bonds. The van der Waals surface area contributed by atoms with Gasteiger partial charge < -0.3 is 11.1 Å². The average Bonchev–Trinajstić information content (AvgIpc) is 3.00. The van der Waals surface area contributed by atoms with Gasteiger partial charge in [0.1, 0.15) is 4.99 Å². The van der Waals surface area contributed by atoms with Crippen LogP contribution in [0.2, 0.25) is 0 Å². The molecule has 0 aromatic carbocycles. The van der Waals surface area contributed by atoms with Crippen molar-refractivity contribution in [3.05, 3.63) is 39.2 Å².